The van der Waals surface area contributed by atoms with E-state index in [0.29, 0.717) is 33.4 Å². The summed E-state index contributed by atoms with van der Waals surface area (Å²) in [6.07, 6.45) is 1.88. The van der Waals surface area contributed by atoms with Crippen LogP contribution in [0.15, 0.2) is 63.8 Å². The van der Waals surface area contributed by atoms with Crippen LogP contribution in [0.3, 0.4) is 0 Å². The number of amidine groups is 1. The Labute approximate surface area is 194 Å². The molecule has 5 nitrogen and oxygen atoms in total. The zero-order valence-electron chi connectivity index (χ0n) is 17.0. The van der Waals surface area contributed by atoms with Gasteiger partial charge in [-0.2, -0.15) is 4.99 Å². The van der Waals surface area contributed by atoms with Crippen LogP contribution in [0, 0.1) is 6.92 Å². The molecular weight excluding hydrogens is 450 g/mol. The average Bonchev–Trinajstić information content (AvgIpc) is 3.30. The summed E-state index contributed by atoms with van der Waals surface area (Å²) in [6, 6.07) is 15.2. The van der Waals surface area contributed by atoms with Crippen molar-refractivity contribution in [2.24, 2.45) is 4.99 Å². The Morgan fingerprint density at radius 2 is 2.03 bits per heavy atom. The lowest BCUT2D eigenvalue weighted by molar-refractivity contribution is -0.122. The summed E-state index contributed by atoms with van der Waals surface area (Å²) in [5.74, 6) is 0.686. The lowest BCUT2D eigenvalue weighted by Gasteiger charge is -2.11. The van der Waals surface area contributed by atoms with Crippen molar-refractivity contribution in [1.29, 1.82) is 0 Å². The maximum Gasteiger partial charge on any atom is 0.266 e. The predicted octanol–water partition coefficient (Wildman–Crippen LogP) is 6.31. The van der Waals surface area contributed by atoms with Gasteiger partial charge in [-0.15, -0.1) is 11.3 Å². The van der Waals surface area contributed by atoms with E-state index in [-0.39, 0.29) is 5.91 Å². The van der Waals surface area contributed by atoms with E-state index in [2.05, 4.69) is 9.98 Å². The Morgan fingerprint density at radius 3 is 2.74 bits per heavy atom. The highest BCUT2D eigenvalue weighted by Gasteiger charge is 2.32. The molecule has 0 atom stereocenters. The average molecular weight is 470 g/mol. The van der Waals surface area contributed by atoms with Gasteiger partial charge in [-0.25, -0.2) is 4.98 Å². The summed E-state index contributed by atoms with van der Waals surface area (Å²) in [6.45, 7) is 4.86. The number of benzene rings is 2. The molecule has 0 spiro atoms. The number of halogens is 1. The maximum absolute atomic E-state index is 12.9. The minimum Gasteiger partial charge on any atom is -0.489 e. The van der Waals surface area contributed by atoms with E-state index >= 15 is 0 Å². The molecule has 1 aliphatic rings. The molecule has 2 aromatic carbocycles. The molecular formula is C23H20ClN3O2S2. The van der Waals surface area contributed by atoms with Crippen LogP contribution in [0.5, 0.6) is 5.75 Å². The van der Waals surface area contributed by atoms with Gasteiger partial charge in [0.25, 0.3) is 5.91 Å². The third kappa shape index (κ3) is 5.36. The molecule has 0 aliphatic carbocycles. The molecule has 1 amide bonds. The number of nitrogens with zero attached hydrogens (tertiary/aromatic N) is 3. The fraction of sp³-hybridized carbons (Fsp3) is 0.174. The number of ether oxygens (including phenoxy) is 1. The second-order valence-electron chi connectivity index (χ2n) is 6.81. The van der Waals surface area contributed by atoms with Gasteiger partial charge in [0, 0.05) is 16.9 Å². The number of hydrogen-bond donors (Lipinski definition) is 0. The highest BCUT2D eigenvalue weighted by Crippen LogP contribution is 2.35. The van der Waals surface area contributed by atoms with E-state index in [1.54, 1.807) is 4.90 Å². The van der Waals surface area contributed by atoms with Gasteiger partial charge in [-0.1, -0.05) is 35.9 Å². The molecule has 0 radical (unpaired) electrons. The number of likely N-dealkylation sites (N-methyl/N-ethyl adjacent to an activating group) is 1. The van der Waals surface area contributed by atoms with E-state index in [4.69, 9.17) is 16.3 Å². The normalized spacial score (nSPS) is 16.5. The summed E-state index contributed by atoms with van der Waals surface area (Å²) >= 11 is 8.77. The van der Waals surface area contributed by atoms with Gasteiger partial charge in [-0.05, 0) is 67.1 Å². The Balaban J connectivity index is 1.51. The first-order valence-corrected chi connectivity index (χ1v) is 11.8. The zero-order chi connectivity index (χ0) is 21.8. The third-order valence-electron chi connectivity index (χ3n) is 4.48. The van der Waals surface area contributed by atoms with Gasteiger partial charge >= 0.3 is 0 Å². The number of hydrogen-bond acceptors (Lipinski definition) is 6. The minimum absolute atomic E-state index is 0.0491. The van der Waals surface area contributed by atoms with Crippen molar-refractivity contribution < 1.29 is 9.53 Å². The number of carbonyl (C=O) groups excluding carboxylic acids is 1. The first-order chi connectivity index (χ1) is 15.0. The number of rotatable bonds is 6. The number of aryl methyl sites for hydroxylation is 1. The van der Waals surface area contributed by atoms with E-state index in [1.165, 1.54) is 23.1 Å². The van der Waals surface area contributed by atoms with Gasteiger partial charge in [0.15, 0.2) is 5.17 Å². The summed E-state index contributed by atoms with van der Waals surface area (Å²) in [4.78, 5) is 24.1. The zero-order valence-corrected chi connectivity index (χ0v) is 19.4. The number of thioether (sulfide) groups is 1. The molecule has 1 fully saturated rings. The smallest absolute Gasteiger partial charge is 0.266 e. The van der Waals surface area contributed by atoms with Crippen LogP contribution in [0.2, 0.25) is 5.02 Å². The lowest BCUT2D eigenvalue weighted by Crippen LogP contribution is -2.28. The highest BCUT2D eigenvalue weighted by atomic mass is 35.5. The summed E-state index contributed by atoms with van der Waals surface area (Å²) in [5, 5.41) is 3.96. The predicted molar refractivity (Wildman–Crippen MR) is 129 cm³/mol. The number of amides is 1. The summed E-state index contributed by atoms with van der Waals surface area (Å²) in [5.41, 5.74) is 2.85. The van der Waals surface area contributed by atoms with Crippen molar-refractivity contribution in [3.63, 3.8) is 0 Å². The molecule has 1 saturated heterocycles. The van der Waals surface area contributed by atoms with E-state index < -0.39 is 0 Å². The Morgan fingerprint density at radius 1 is 1.23 bits per heavy atom. The number of aromatic nitrogens is 1. The van der Waals surface area contributed by atoms with Gasteiger partial charge in [0.2, 0.25) is 5.13 Å². The van der Waals surface area contributed by atoms with Crippen LogP contribution < -0.4 is 4.74 Å². The monoisotopic (exact) mass is 469 g/mol. The molecule has 0 bridgehead atoms. The molecule has 8 heteroatoms. The Hall–Kier alpha value is -2.61. The second-order valence-corrected chi connectivity index (χ2v) is 9.10. The largest absolute Gasteiger partial charge is 0.489 e. The minimum atomic E-state index is -0.0491. The first kappa shape index (κ1) is 21.6. The number of carbonyl (C=O) groups is 1. The molecule has 158 valence electrons. The molecule has 1 aromatic heterocycles. The van der Waals surface area contributed by atoms with Crippen molar-refractivity contribution in [2.75, 3.05) is 6.54 Å². The summed E-state index contributed by atoms with van der Waals surface area (Å²) < 4.78 is 5.90. The second kappa shape index (κ2) is 9.68. The fourth-order valence-electron chi connectivity index (χ4n) is 2.94. The number of aliphatic imine (C=N–C) groups is 1. The van der Waals surface area contributed by atoms with Crippen LogP contribution in [0.1, 0.15) is 23.7 Å². The summed E-state index contributed by atoms with van der Waals surface area (Å²) in [7, 11) is 0. The third-order valence-corrected chi connectivity index (χ3v) is 6.59. The molecule has 0 N–H and O–H groups in total. The van der Waals surface area contributed by atoms with E-state index in [9.17, 15) is 4.79 Å². The van der Waals surface area contributed by atoms with Crippen molar-refractivity contribution >= 4 is 57.0 Å². The number of thiazole rings is 1. The topological polar surface area (TPSA) is 54.8 Å². The molecule has 3 aromatic rings. The quantitative estimate of drug-likeness (QED) is 0.397. The van der Waals surface area contributed by atoms with Gasteiger partial charge in [0.05, 0.1) is 10.6 Å². The molecule has 4 rings (SSSR count). The van der Waals surface area contributed by atoms with Crippen LogP contribution in [0.25, 0.3) is 6.08 Å². The SMILES string of the molecule is CCN1C(=O)/C(=C/c2cccc(OCc3ccc(Cl)cc3)c2)S/C1=N/c1nc(C)cs1. The maximum atomic E-state index is 12.9. The lowest BCUT2D eigenvalue weighted by atomic mass is 10.2. The van der Waals surface area contributed by atoms with Crippen LogP contribution in [0.4, 0.5) is 5.13 Å². The van der Waals surface area contributed by atoms with Gasteiger partial charge < -0.3 is 4.74 Å². The van der Waals surface area contributed by atoms with Crippen molar-refractivity contribution in [1.82, 2.24) is 9.88 Å². The molecule has 1 aliphatic heterocycles. The van der Waals surface area contributed by atoms with Gasteiger partial charge in [0.1, 0.15) is 12.4 Å². The first-order valence-electron chi connectivity index (χ1n) is 9.71. The van der Waals surface area contributed by atoms with Crippen LogP contribution in [-0.4, -0.2) is 27.5 Å². The van der Waals surface area contributed by atoms with Gasteiger partial charge in [-0.3, -0.25) is 9.69 Å². The van der Waals surface area contributed by atoms with E-state index in [0.717, 1.165) is 22.6 Å². The highest BCUT2D eigenvalue weighted by molar-refractivity contribution is 8.18. The Kier molecular flexibility index (Phi) is 6.75. The molecule has 0 unspecified atom stereocenters. The van der Waals surface area contributed by atoms with Crippen molar-refractivity contribution in [2.45, 2.75) is 20.5 Å². The molecule has 0 saturated carbocycles. The van der Waals surface area contributed by atoms with Crippen molar-refractivity contribution in [3.8, 4) is 5.75 Å². The van der Waals surface area contributed by atoms with Crippen molar-refractivity contribution in [3.05, 3.63) is 80.7 Å². The van der Waals surface area contributed by atoms with E-state index in [1.807, 2.05) is 73.8 Å². The molecule has 2 heterocycles. The Bertz CT molecular complexity index is 1160. The molecule has 31 heavy (non-hydrogen) atoms. The van der Waals surface area contributed by atoms with Crippen LogP contribution >= 0.6 is 34.7 Å². The fourth-order valence-corrected chi connectivity index (χ4v) is 4.83. The van der Waals surface area contributed by atoms with Crippen LogP contribution in [-0.2, 0) is 11.4 Å². The standard InChI is InChI=1S/C23H20ClN3O2S2/c1-3-27-21(28)20(31-23(27)26-22-25-15(2)14-30-22)12-17-5-4-6-19(11-17)29-13-16-7-9-18(24)10-8-16/h4-12,14H,3,13H2,1-2H3/b20-12-,26-23+.